The van der Waals surface area contributed by atoms with Crippen molar-refractivity contribution in [2.24, 2.45) is 5.92 Å². The summed E-state index contributed by atoms with van der Waals surface area (Å²) in [6, 6.07) is 1.80. The van der Waals surface area contributed by atoms with E-state index in [0.29, 0.717) is 11.8 Å². The van der Waals surface area contributed by atoms with Crippen LogP contribution in [0.15, 0.2) is 10.7 Å². The summed E-state index contributed by atoms with van der Waals surface area (Å²) in [5, 5.41) is 0. The first kappa shape index (κ1) is 12.4. The van der Waals surface area contributed by atoms with E-state index in [4.69, 9.17) is 4.74 Å². The monoisotopic (exact) mass is 272 g/mol. The largest absolute Gasteiger partial charge is 0.475 e. The highest BCUT2D eigenvalue weighted by atomic mass is 79.9. The molecule has 0 bridgehead atoms. The van der Waals surface area contributed by atoms with Crippen LogP contribution in [-0.2, 0) is 0 Å². The van der Waals surface area contributed by atoms with Gasteiger partial charge in [-0.3, -0.25) is 0 Å². The highest BCUT2D eigenvalue weighted by molar-refractivity contribution is 9.10. The predicted octanol–water partition coefficient (Wildman–Crippen LogP) is 3.36. The third-order valence-corrected chi connectivity index (χ3v) is 2.31. The minimum atomic E-state index is 0.186. The Labute approximate surface area is 99.4 Å². The Kier molecular flexibility index (Phi) is 4.51. The van der Waals surface area contributed by atoms with Crippen LogP contribution in [0.5, 0.6) is 5.88 Å². The normalized spacial score (nSPS) is 12.9. The first-order chi connectivity index (χ1) is 6.97. The zero-order chi connectivity index (χ0) is 11.4. The first-order valence-corrected chi connectivity index (χ1v) is 5.94. The van der Waals surface area contributed by atoms with Crippen LogP contribution in [0, 0.1) is 12.8 Å². The van der Waals surface area contributed by atoms with Crippen molar-refractivity contribution in [3.8, 4) is 5.88 Å². The summed E-state index contributed by atoms with van der Waals surface area (Å²) in [5.41, 5.74) is 0. The summed E-state index contributed by atoms with van der Waals surface area (Å²) >= 11 is 3.32. The average Bonchev–Trinajstić information content (AvgIpc) is 1.98. The van der Waals surface area contributed by atoms with E-state index in [9.17, 15) is 0 Å². The second kappa shape index (κ2) is 5.45. The van der Waals surface area contributed by atoms with E-state index in [0.717, 1.165) is 16.8 Å². The van der Waals surface area contributed by atoms with Gasteiger partial charge in [0, 0.05) is 6.07 Å². The second-order valence-corrected chi connectivity index (χ2v) is 4.95. The molecule has 0 amide bonds. The Bertz CT molecular complexity index is 308. The fourth-order valence-corrected chi connectivity index (χ4v) is 1.94. The van der Waals surface area contributed by atoms with Gasteiger partial charge >= 0.3 is 0 Å². The molecule has 0 aromatic carbocycles. The van der Waals surface area contributed by atoms with Gasteiger partial charge in [-0.15, -0.1) is 0 Å². The molecular weight excluding hydrogens is 256 g/mol. The third-order valence-electron chi connectivity index (χ3n) is 1.91. The number of halogens is 1. The molecular formula is C11H17BrN2O. The zero-order valence-electron chi connectivity index (χ0n) is 9.62. The number of ether oxygens (including phenoxy) is 1. The lowest BCUT2D eigenvalue weighted by Gasteiger charge is -2.15. The Morgan fingerprint density at radius 3 is 2.53 bits per heavy atom. The molecule has 0 N–H and O–H groups in total. The number of nitrogens with zero attached hydrogens (tertiary/aromatic N) is 2. The second-order valence-electron chi connectivity index (χ2n) is 4.13. The van der Waals surface area contributed by atoms with Gasteiger partial charge in [-0.05, 0) is 42.1 Å². The predicted molar refractivity (Wildman–Crippen MR) is 64.0 cm³/mol. The number of hydrogen-bond acceptors (Lipinski definition) is 3. The van der Waals surface area contributed by atoms with Crippen molar-refractivity contribution in [3.05, 3.63) is 16.5 Å². The molecule has 1 rings (SSSR count). The molecule has 0 spiro atoms. The van der Waals surface area contributed by atoms with Gasteiger partial charge in [0.25, 0.3) is 0 Å². The Morgan fingerprint density at radius 1 is 1.33 bits per heavy atom. The van der Waals surface area contributed by atoms with Crippen LogP contribution in [0.4, 0.5) is 0 Å². The summed E-state index contributed by atoms with van der Waals surface area (Å²) in [5.74, 6) is 1.99. The lowest BCUT2D eigenvalue weighted by molar-refractivity contribution is 0.185. The van der Waals surface area contributed by atoms with E-state index < -0.39 is 0 Å². The van der Waals surface area contributed by atoms with Crippen molar-refractivity contribution >= 4 is 15.9 Å². The molecule has 0 aliphatic heterocycles. The Balaban J connectivity index is 2.63. The van der Waals surface area contributed by atoms with Crippen LogP contribution < -0.4 is 4.74 Å². The number of hydrogen-bond donors (Lipinski definition) is 0. The van der Waals surface area contributed by atoms with Crippen LogP contribution in [-0.4, -0.2) is 16.1 Å². The summed E-state index contributed by atoms with van der Waals surface area (Å²) in [7, 11) is 0. The maximum atomic E-state index is 5.71. The molecule has 1 aromatic heterocycles. The average molecular weight is 273 g/mol. The van der Waals surface area contributed by atoms with Crippen LogP contribution in [0.3, 0.4) is 0 Å². The topological polar surface area (TPSA) is 35.0 Å². The van der Waals surface area contributed by atoms with E-state index >= 15 is 0 Å². The zero-order valence-corrected chi connectivity index (χ0v) is 11.2. The minimum Gasteiger partial charge on any atom is -0.475 e. The van der Waals surface area contributed by atoms with Crippen molar-refractivity contribution < 1.29 is 4.74 Å². The molecule has 0 fully saturated rings. The van der Waals surface area contributed by atoms with Crippen molar-refractivity contribution in [2.75, 3.05) is 0 Å². The smallest absolute Gasteiger partial charge is 0.217 e. The standard InChI is InChI=1S/C11H17BrN2O/c1-7(2)5-8(3)15-11-6-10(12)13-9(4)14-11/h6-8H,5H2,1-4H3. The number of aromatic nitrogens is 2. The molecule has 1 atom stereocenters. The molecule has 84 valence electrons. The van der Waals surface area contributed by atoms with Crippen molar-refractivity contribution in [3.63, 3.8) is 0 Å². The van der Waals surface area contributed by atoms with Gasteiger partial charge in [0.1, 0.15) is 10.4 Å². The summed E-state index contributed by atoms with van der Waals surface area (Å²) in [6.07, 6.45) is 1.21. The van der Waals surface area contributed by atoms with Gasteiger partial charge in [-0.2, -0.15) is 4.98 Å². The summed E-state index contributed by atoms with van der Waals surface area (Å²) in [4.78, 5) is 8.35. The van der Waals surface area contributed by atoms with Crippen LogP contribution in [0.1, 0.15) is 33.0 Å². The van der Waals surface area contributed by atoms with Crippen molar-refractivity contribution in [1.82, 2.24) is 9.97 Å². The summed E-state index contributed by atoms with van der Waals surface area (Å²) < 4.78 is 6.47. The van der Waals surface area contributed by atoms with Crippen LogP contribution in [0.25, 0.3) is 0 Å². The van der Waals surface area contributed by atoms with Gasteiger partial charge in [0.05, 0.1) is 6.10 Å². The van der Waals surface area contributed by atoms with Crippen LogP contribution in [0.2, 0.25) is 0 Å². The van der Waals surface area contributed by atoms with E-state index in [2.05, 4.69) is 46.7 Å². The van der Waals surface area contributed by atoms with E-state index in [-0.39, 0.29) is 6.10 Å². The third kappa shape index (κ3) is 4.60. The van der Waals surface area contributed by atoms with Crippen LogP contribution >= 0.6 is 15.9 Å². The molecule has 0 aliphatic rings. The SMILES string of the molecule is Cc1nc(Br)cc(OC(C)CC(C)C)n1. The van der Waals surface area contributed by atoms with E-state index in [1.54, 1.807) is 6.07 Å². The van der Waals surface area contributed by atoms with E-state index in [1.807, 2.05) is 6.92 Å². The molecule has 1 unspecified atom stereocenters. The molecule has 15 heavy (non-hydrogen) atoms. The number of aryl methyl sites for hydroxylation is 1. The molecule has 0 aliphatic carbocycles. The fraction of sp³-hybridized carbons (Fsp3) is 0.636. The maximum Gasteiger partial charge on any atom is 0.217 e. The van der Waals surface area contributed by atoms with E-state index in [1.165, 1.54) is 0 Å². The molecule has 4 heteroatoms. The van der Waals surface area contributed by atoms with Crippen molar-refractivity contribution in [2.45, 2.75) is 40.2 Å². The Morgan fingerprint density at radius 2 is 2.00 bits per heavy atom. The highest BCUT2D eigenvalue weighted by Gasteiger charge is 2.08. The lowest BCUT2D eigenvalue weighted by Crippen LogP contribution is -2.15. The van der Waals surface area contributed by atoms with Gasteiger partial charge < -0.3 is 4.74 Å². The molecule has 0 saturated heterocycles. The Hall–Kier alpha value is -0.640. The quantitative estimate of drug-likeness (QED) is 0.789. The fourth-order valence-electron chi connectivity index (χ4n) is 1.48. The van der Waals surface area contributed by atoms with Gasteiger partial charge in [-0.25, -0.2) is 4.98 Å². The highest BCUT2D eigenvalue weighted by Crippen LogP contribution is 2.17. The van der Waals surface area contributed by atoms with Gasteiger partial charge in [0.2, 0.25) is 5.88 Å². The molecule has 3 nitrogen and oxygen atoms in total. The van der Waals surface area contributed by atoms with Gasteiger partial charge in [-0.1, -0.05) is 13.8 Å². The maximum absolute atomic E-state index is 5.71. The minimum absolute atomic E-state index is 0.186. The van der Waals surface area contributed by atoms with Crippen molar-refractivity contribution in [1.29, 1.82) is 0 Å². The number of rotatable bonds is 4. The molecule has 1 aromatic rings. The lowest BCUT2D eigenvalue weighted by atomic mass is 10.1. The molecule has 1 heterocycles. The molecule has 0 radical (unpaired) electrons. The first-order valence-electron chi connectivity index (χ1n) is 5.15. The molecule has 0 saturated carbocycles. The summed E-state index contributed by atoms with van der Waals surface area (Å²) in [6.45, 7) is 8.28. The van der Waals surface area contributed by atoms with Gasteiger partial charge in [0.15, 0.2) is 0 Å².